The maximum absolute atomic E-state index is 13.0. The van der Waals surface area contributed by atoms with Gasteiger partial charge in [0.2, 0.25) is 5.88 Å². The Kier molecular flexibility index (Phi) is 5.22. The maximum Gasteiger partial charge on any atom is 0.340 e. The van der Waals surface area contributed by atoms with Crippen molar-refractivity contribution in [3.8, 4) is 17.3 Å². The summed E-state index contributed by atoms with van der Waals surface area (Å²) in [7, 11) is 0. The Bertz CT molecular complexity index is 1100. The number of rotatable bonds is 5. The van der Waals surface area contributed by atoms with Gasteiger partial charge in [-0.1, -0.05) is 18.2 Å². The number of hydrogen-bond donors (Lipinski definition) is 3. The number of carboxylic acids is 1. The molecule has 0 saturated carbocycles. The van der Waals surface area contributed by atoms with Crippen LogP contribution in [0.5, 0.6) is 5.88 Å². The molecule has 2 aromatic carbocycles. The minimum absolute atomic E-state index is 0.0504. The third-order valence-corrected chi connectivity index (χ3v) is 5.30. The lowest BCUT2D eigenvalue weighted by atomic mass is 10.0. The normalized spacial score (nSPS) is 13.7. The number of carbonyl (C=O) groups is 1. The van der Waals surface area contributed by atoms with Crippen LogP contribution in [0.25, 0.3) is 11.4 Å². The molecule has 1 aromatic heterocycles. The summed E-state index contributed by atoms with van der Waals surface area (Å²) in [4.78, 5) is 23.7. The Morgan fingerprint density at radius 3 is 2.41 bits per heavy atom. The summed E-state index contributed by atoms with van der Waals surface area (Å²) in [5.74, 6) is -0.999. The van der Waals surface area contributed by atoms with Crippen LogP contribution in [0.4, 0.5) is 0 Å². The number of benzene rings is 2. The highest BCUT2D eigenvalue weighted by Crippen LogP contribution is 2.21. The molecule has 7 nitrogen and oxygen atoms in total. The summed E-state index contributed by atoms with van der Waals surface area (Å²) in [6.45, 7) is 1.86. The largest absolute Gasteiger partial charge is 0.493 e. The van der Waals surface area contributed by atoms with Gasteiger partial charge in [0, 0.05) is 6.42 Å². The summed E-state index contributed by atoms with van der Waals surface area (Å²) in [5, 5.41) is 22.6. The summed E-state index contributed by atoms with van der Waals surface area (Å²) < 4.78 is 2.69. The van der Waals surface area contributed by atoms with Gasteiger partial charge in [-0.25, -0.2) is 9.36 Å². The smallest absolute Gasteiger partial charge is 0.340 e. The van der Waals surface area contributed by atoms with Crippen LogP contribution in [0.2, 0.25) is 0 Å². The fraction of sp³-hybridized carbons (Fsp3) is 0.273. The van der Waals surface area contributed by atoms with Crippen molar-refractivity contribution in [1.82, 2.24) is 14.5 Å². The van der Waals surface area contributed by atoms with Gasteiger partial charge in [-0.15, -0.1) is 0 Å². The van der Waals surface area contributed by atoms with Gasteiger partial charge in [0.05, 0.1) is 17.6 Å². The van der Waals surface area contributed by atoms with Gasteiger partial charge < -0.3 is 15.5 Å². The first-order chi connectivity index (χ1) is 14.0. The highest BCUT2D eigenvalue weighted by Gasteiger charge is 2.15. The topological polar surface area (TPSA) is 96.5 Å². The predicted molar refractivity (Wildman–Crippen MR) is 109 cm³/mol. The third-order valence-electron chi connectivity index (χ3n) is 5.30. The number of hydrogen-bond acceptors (Lipinski definition) is 4. The van der Waals surface area contributed by atoms with Gasteiger partial charge in [-0.3, -0.25) is 9.36 Å². The lowest BCUT2D eigenvalue weighted by Crippen LogP contribution is -2.22. The molecule has 0 unspecified atom stereocenters. The number of aromatic hydroxyl groups is 1. The molecule has 3 N–H and O–H groups in total. The van der Waals surface area contributed by atoms with E-state index in [4.69, 9.17) is 5.11 Å². The minimum Gasteiger partial charge on any atom is -0.493 e. The van der Waals surface area contributed by atoms with E-state index in [0.717, 1.165) is 37.2 Å². The van der Waals surface area contributed by atoms with Crippen LogP contribution in [-0.2, 0) is 24.1 Å². The Labute approximate surface area is 167 Å². The van der Waals surface area contributed by atoms with E-state index >= 15 is 0 Å². The number of aryl methyl sites for hydroxylation is 1. The van der Waals surface area contributed by atoms with Crippen molar-refractivity contribution in [2.75, 3.05) is 13.1 Å². The van der Waals surface area contributed by atoms with Gasteiger partial charge in [-0.2, -0.15) is 0 Å². The Morgan fingerprint density at radius 2 is 1.69 bits per heavy atom. The molecule has 29 heavy (non-hydrogen) atoms. The van der Waals surface area contributed by atoms with Crippen LogP contribution in [0.1, 0.15) is 23.1 Å². The Morgan fingerprint density at radius 1 is 1.00 bits per heavy atom. The molecule has 0 radical (unpaired) electrons. The van der Waals surface area contributed by atoms with Gasteiger partial charge >= 0.3 is 11.7 Å². The lowest BCUT2D eigenvalue weighted by molar-refractivity contribution is -0.136. The Hall–Kier alpha value is -3.32. The fourth-order valence-electron chi connectivity index (χ4n) is 3.73. The van der Waals surface area contributed by atoms with Gasteiger partial charge in [-0.05, 0) is 73.3 Å². The zero-order chi connectivity index (χ0) is 20.4. The number of imidazole rings is 1. The summed E-state index contributed by atoms with van der Waals surface area (Å²) in [6.07, 6.45) is 3.76. The van der Waals surface area contributed by atoms with Crippen molar-refractivity contribution in [3.63, 3.8) is 0 Å². The van der Waals surface area contributed by atoms with Crippen LogP contribution in [0.15, 0.2) is 53.5 Å². The summed E-state index contributed by atoms with van der Waals surface area (Å²) in [6, 6.07) is 13.0. The highest BCUT2D eigenvalue weighted by molar-refractivity contribution is 5.67. The molecule has 0 amide bonds. The predicted octanol–water partition coefficient (Wildman–Crippen LogP) is 2.04. The van der Waals surface area contributed by atoms with E-state index in [-0.39, 0.29) is 18.0 Å². The molecule has 7 heteroatoms. The number of nitrogens with one attached hydrogen (secondary N) is 1. The SMILES string of the molecule is O=C(O)CCc1ccc(-n2c(O)cn(-c3ccc4c(c3)CCNCC4)c2=O)cc1. The van der Waals surface area contributed by atoms with Crippen molar-refractivity contribution in [2.24, 2.45) is 0 Å². The first-order valence-electron chi connectivity index (χ1n) is 9.70. The number of aliphatic carboxylic acids is 1. The molecular formula is C22H23N3O4. The van der Waals surface area contributed by atoms with Gasteiger partial charge in [0.1, 0.15) is 0 Å². The number of carboxylic acid groups (broad SMARTS) is 1. The molecule has 0 fully saturated rings. The zero-order valence-electron chi connectivity index (χ0n) is 16.0. The third kappa shape index (κ3) is 3.95. The molecule has 4 rings (SSSR count). The van der Waals surface area contributed by atoms with Gasteiger partial charge in [0.15, 0.2) is 0 Å². The van der Waals surface area contributed by atoms with E-state index in [1.807, 2.05) is 12.1 Å². The standard InChI is InChI=1S/C22H23N3O4/c26-20-14-24(19-7-4-16-9-11-23-12-10-17(16)13-19)22(29)25(20)18-5-1-15(2-6-18)3-8-21(27)28/h1-2,4-7,13-14,23,26H,3,8-12H2,(H,27,28). The van der Waals surface area contributed by atoms with Crippen LogP contribution in [0.3, 0.4) is 0 Å². The first kappa shape index (κ1) is 19.0. The molecule has 3 aromatic rings. The molecule has 0 bridgehead atoms. The number of aromatic nitrogens is 2. The van der Waals surface area contributed by atoms with E-state index in [2.05, 4.69) is 11.4 Å². The second kappa shape index (κ2) is 7.97. The summed E-state index contributed by atoms with van der Waals surface area (Å²) in [5.41, 5.74) is 4.27. The molecule has 0 saturated heterocycles. The van der Waals surface area contributed by atoms with Crippen molar-refractivity contribution in [2.45, 2.75) is 25.7 Å². The lowest BCUT2D eigenvalue weighted by Gasteiger charge is -2.08. The maximum atomic E-state index is 13.0. The van der Waals surface area contributed by atoms with Crippen molar-refractivity contribution < 1.29 is 15.0 Å². The van der Waals surface area contributed by atoms with Crippen LogP contribution < -0.4 is 11.0 Å². The number of fused-ring (bicyclic) bond motifs is 1. The average Bonchev–Trinajstić information content (AvgIpc) is 2.88. The van der Waals surface area contributed by atoms with Crippen molar-refractivity contribution >= 4 is 5.97 Å². The van der Waals surface area contributed by atoms with E-state index in [1.165, 1.54) is 26.5 Å². The second-order valence-electron chi connectivity index (χ2n) is 7.24. The average molecular weight is 393 g/mol. The van der Waals surface area contributed by atoms with Gasteiger partial charge in [0.25, 0.3) is 0 Å². The molecule has 2 heterocycles. The van der Waals surface area contributed by atoms with E-state index in [9.17, 15) is 14.7 Å². The Balaban J connectivity index is 1.66. The fourth-order valence-corrected chi connectivity index (χ4v) is 3.73. The van der Waals surface area contributed by atoms with Crippen molar-refractivity contribution in [3.05, 3.63) is 75.8 Å². The quantitative estimate of drug-likeness (QED) is 0.616. The second-order valence-corrected chi connectivity index (χ2v) is 7.24. The molecule has 0 atom stereocenters. The summed E-state index contributed by atoms with van der Waals surface area (Å²) >= 11 is 0. The molecule has 0 spiro atoms. The van der Waals surface area contributed by atoms with Crippen LogP contribution >= 0.6 is 0 Å². The highest BCUT2D eigenvalue weighted by atomic mass is 16.4. The van der Waals surface area contributed by atoms with E-state index in [1.54, 1.807) is 24.3 Å². The minimum atomic E-state index is -0.850. The van der Waals surface area contributed by atoms with E-state index < -0.39 is 5.97 Å². The van der Waals surface area contributed by atoms with Crippen LogP contribution in [-0.4, -0.2) is 38.4 Å². The molecule has 150 valence electrons. The van der Waals surface area contributed by atoms with E-state index in [0.29, 0.717) is 12.1 Å². The van der Waals surface area contributed by atoms with Crippen LogP contribution in [0, 0.1) is 0 Å². The monoisotopic (exact) mass is 393 g/mol. The molecule has 1 aliphatic heterocycles. The zero-order valence-corrected chi connectivity index (χ0v) is 16.0. The molecular weight excluding hydrogens is 370 g/mol. The first-order valence-corrected chi connectivity index (χ1v) is 9.70. The molecule has 1 aliphatic rings. The van der Waals surface area contributed by atoms with Crippen molar-refractivity contribution in [1.29, 1.82) is 0 Å². The molecule has 0 aliphatic carbocycles. The number of nitrogens with zero attached hydrogens (tertiary/aromatic N) is 2.